The monoisotopic (exact) mass is 237 g/mol. The van der Waals surface area contributed by atoms with Gasteiger partial charge in [-0.05, 0) is 12.0 Å². The van der Waals surface area contributed by atoms with Crippen LogP contribution in [-0.2, 0) is 9.53 Å². The Labute approximate surface area is 102 Å². The molecule has 0 bridgehead atoms. The lowest BCUT2D eigenvalue weighted by atomic mass is 10.1. The van der Waals surface area contributed by atoms with Gasteiger partial charge in [-0.25, -0.2) is 0 Å². The Morgan fingerprint density at radius 3 is 2.65 bits per heavy atom. The van der Waals surface area contributed by atoms with E-state index in [0.29, 0.717) is 19.8 Å². The highest BCUT2D eigenvalue weighted by atomic mass is 16.5. The normalized spacial score (nSPS) is 12.3. The van der Waals surface area contributed by atoms with Crippen molar-refractivity contribution in [2.75, 3.05) is 19.8 Å². The minimum absolute atomic E-state index is 0.532. The van der Waals surface area contributed by atoms with Crippen LogP contribution in [0.5, 0.6) is 0 Å². The molecular weight excluding hydrogens is 218 g/mol. The van der Waals surface area contributed by atoms with Crippen molar-refractivity contribution in [3.63, 3.8) is 0 Å². The molecule has 1 unspecified atom stereocenters. The first-order chi connectivity index (χ1) is 8.25. The number of aliphatic carboxylic acids is 1. The number of nitrogens with one attached hydrogen (secondary N) is 1. The Balaban J connectivity index is 2.42. The molecule has 0 aliphatic carbocycles. The predicted molar refractivity (Wildman–Crippen MR) is 65.9 cm³/mol. The lowest BCUT2D eigenvalue weighted by Gasteiger charge is -2.14. The van der Waals surface area contributed by atoms with Gasteiger partial charge >= 0.3 is 5.97 Å². The van der Waals surface area contributed by atoms with Crippen molar-refractivity contribution in [3.05, 3.63) is 35.9 Å². The highest BCUT2D eigenvalue weighted by molar-refractivity contribution is 5.75. The van der Waals surface area contributed by atoms with Crippen LogP contribution >= 0.6 is 0 Å². The average molecular weight is 237 g/mol. The molecule has 0 aliphatic rings. The second-order valence-corrected chi connectivity index (χ2v) is 3.75. The van der Waals surface area contributed by atoms with E-state index < -0.39 is 12.0 Å². The van der Waals surface area contributed by atoms with E-state index in [0.717, 1.165) is 12.0 Å². The minimum Gasteiger partial charge on any atom is -0.480 e. The van der Waals surface area contributed by atoms with E-state index in [2.05, 4.69) is 5.32 Å². The maximum absolute atomic E-state index is 11.1. The molecule has 0 aliphatic heterocycles. The molecule has 1 atom stereocenters. The van der Waals surface area contributed by atoms with E-state index in [1.165, 1.54) is 0 Å². The smallest absolute Gasteiger partial charge is 0.325 e. The van der Waals surface area contributed by atoms with Crippen molar-refractivity contribution in [2.24, 2.45) is 0 Å². The molecule has 0 saturated carbocycles. The number of carboxylic acid groups (broad SMARTS) is 1. The van der Waals surface area contributed by atoms with Gasteiger partial charge in [0.1, 0.15) is 6.04 Å². The van der Waals surface area contributed by atoms with Crippen molar-refractivity contribution in [3.8, 4) is 0 Å². The molecule has 0 saturated heterocycles. The molecule has 0 aromatic heterocycles. The Hall–Kier alpha value is -1.39. The van der Waals surface area contributed by atoms with Gasteiger partial charge < -0.3 is 9.84 Å². The van der Waals surface area contributed by atoms with Gasteiger partial charge in [0, 0.05) is 13.2 Å². The number of hydrogen-bond donors (Lipinski definition) is 2. The molecule has 94 valence electrons. The fraction of sp³-hybridized carbons (Fsp3) is 0.462. The minimum atomic E-state index is -0.869. The average Bonchev–Trinajstić information content (AvgIpc) is 2.34. The van der Waals surface area contributed by atoms with Crippen LogP contribution in [0.2, 0.25) is 0 Å². The summed E-state index contributed by atoms with van der Waals surface area (Å²) in [5.74, 6) is -0.869. The zero-order valence-electron chi connectivity index (χ0n) is 10.1. The van der Waals surface area contributed by atoms with Gasteiger partial charge in [-0.1, -0.05) is 37.3 Å². The number of ether oxygens (including phenoxy) is 1. The molecule has 4 heteroatoms. The van der Waals surface area contributed by atoms with Crippen molar-refractivity contribution < 1.29 is 14.6 Å². The summed E-state index contributed by atoms with van der Waals surface area (Å²) in [5.41, 5.74) is 0.760. The van der Waals surface area contributed by atoms with E-state index in [1.807, 2.05) is 25.1 Å². The molecule has 2 N–H and O–H groups in total. The zero-order chi connectivity index (χ0) is 12.5. The van der Waals surface area contributed by atoms with E-state index in [1.54, 1.807) is 12.1 Å². The van der Waals surface area contributed by atoms with Gasteiger partial charge in [0.25, 0.3) is 0 Å². The number of carboxylic acids is 1. The van der Waals surface area contributed by atoms with Crippen molar-refractivity contribution in [1.82, 2.24) is 5.32 Å². The second-order valence-electron chi connectivity index (χ2n) is 3.75. The summed E-state index contributed by atoms with van der Waals surface area (Å²) in [7, 11) is 0. The molecule has 1 aromatic carbocycles. The molecular formula is C13H19NO3. The summed E-state index contributed by atoms with van der Waals surface area (Å²) in [6.07, 6.45) is 0.973. The summed E-state index contributed by atoms with van der Waals surface area (Å²) in [5, 5.41) is 12.1. The zero-order valence-corrected chi connectivity index (χ0v) is 10.1. The first-order valence-corrected chi connectivity index (χ1v) is 5.84. The van der Waals surface area contributed by atoms with E-state index in [-0.39, 0.29) is 0 Å². The molecule has 0 fully saturated rings. The van der Waals surface area contributed by atoms with Gasteiger partial charge in [-0.15, -0.1) is 0 Å². The molecule has 0 spiro atoms. The maximum atomic E-state index is 11.1. The molecule has 0 radical (unpaired) electrons. The Kier molecular flexibility index (Phi) is 6.29. The third kappa shape index (κ3) is 4.97. The first-order valence-electron chi connectivity index (χ1n) is 5.84. The summed E-state index contributed by atoms with van der Waals surface area (Å²) >= 11 is 0. The molecule has 1 rings (SSSR count). The van der Waals surface area contributed by atoms with Gasteiger partial charge in [0.05, 0.1) is 6.61 Å². The van der Waals surface area contributed by atoms with Gasteiger partial charge in [-0.2, -0.15) is 0 Å². The Morgan fingerprint density at radius 2 is 2.06 bits per heavy atom. The lowest BCUT2D eigenvalue weighted by Crippen LogP contribution is -2.31. The molecule has 0 heterocycles. The van der Waals surface area contributed by atoms with Crippen molar-refractivity contribution >= 4 is 5.97 Å². The highest BCUT2D eigenvalue weighted by Crippen LogP contribution is 2.11. The van der Waals surface area contributed by atoms with Crippen LogP contribution in [0.25, 0.3) is 0 Å². The van der Waals surface area contributed by atoms with Crippen LogP contribution in [0.1, 0.15) is 24.9 Å². The molecule has 17 heavy (non-hydrogen) atoms. The standard InChI is InChI=1S/C13H19NO3/c1-2-9-17-10-8-14-12(13(15)16)11-6-4-3-5-7-11/h3-7,12,14H,2,8-10H2,1H3,(H,15,16). The third-order valence-corrected chi connectivity index (χ3v) is 2.32. The molecule has 1 aromatic rings. The van der Waals surface area contributed by atoms with Crippen LogP contribution in [0, 0.1) is 0 Å². The van der Waals surface area contributed by atoms with E-state index >= 15 is 0 Å². The molecule has 0 amide bonds. The van der Waals surface area contributed by atoms with Gasteiger partial charge in [0.2, 0.25) is 0 Å². The number of benzene rings is 1. The summed E-state index contributed by atoms with van der Waals surface area (Å²) in [4.78, 5) is 11.1. The van der Waals surface area contributed by atoms with Crippen LogP contribution in [0.15, 0.2) is 30.3 Å². The fourth-order valence-corrected chi connectivity index (χ4v) is 1.52. The lowest BCUT2D eigenvalue weighted by molar-refractivity contribution is -0.139. The van der Waals surface area contributed by atoms with Gasteiger partial charge in [0.15, 0.2) is 0 Å². The number of rotatable bonds is 8. The van der Waals surface area contributed by atoms with Crippen LogP contribution < -0.4 is 5.32 Å². The number of carbonyl (C=O) groups is 1. The SMILES string of the molecule is CCCOCCNC(C(=O)O)c1ccccc1. The van der Waals surface area contributed by atoms with Crippen molar-refractivity contribution in [1.29, 1.82) is 0 Å². The summed E-state index contributed by atoms with van der Waals surface area (Å²) < 4.78 is 5.29. The molecule has 4 nitrogen and oxygen atoms in total. The highest BCUT2D eigenvalue weighted by Gasteiger charge is 2.17. The largest absolute Gasteiger partial charge is 0.480 e. The maximum Gasteiger partial charge on any atom is 0.325 e. The van der Waals surface area contributed by atoms with E-state index in [9.17, 15) is 4.79 Å². The van der Waals surface area contributed by atoms with Crippen LogP contribution in [0.4, 0.5) is 0 Å². The Bertz CT molecular complexity index is 327. The van der Waals surface area contributed by atoms with Crippen LogP contribution in [-0.4, -0.2) is 30.8 Å². The fourth-order valence-electron chi connectivity index (χ4n) is 1.52. The predicted octanol–water partition coefficient (Wildman–Crippen LogP) is 1.83. The second kappa shape index (κ2) is 7.81. The summed E-state index contributed by atoms with van der Waals surface area (Å²) in [6, 6.07) is 8.48. The number of hydrogen-bond acceptors (Lipinski definition) is 3. The Morgan fingerprint density at radius 1 is 1.35 bits per heavy atom. The summed E-state index contributed by atoms with van der Waals surface area (Å²) in [6.45, 7) is 3.82. The van der Waals surface area contributed by atoms with Gasteiger partial charge in [-0.3, -0.25) is 10.1 Å². The van der Waals surface area contributed by atoms with Crippen molar-refractivity contribution in [2.45, 2.75) is 19.4 Å². The first kappa shape index (κ1) is 13.7. The van der Waals surface area contributed by atoms with Crippen LogP contribution in [0.3, 0.4) is 0 Å². The quantitative estimate of drug-likeness (QED) is 0.677. The van der Waals surface area contributed by atoms with E-state index in [4.69, 9.17) is 9.84 Å². The topological polar surface area (TPSA) is 58.6 Å². The third-order valence-electron chi connectivity index (χ3n) is 2.32.